The molecule has 0 aliphatic rings. The second-order valence-electron chi connectivity index (χ2n) is 8.13. The summed E-state index contributed by atoms with van der Waals surface area (Å²) in [4.78, 5) is 71.2. The lowest BCUT2D eigenvalue weighted by Gasteiger charge is -2.30. The third-order valence-electron chi connectivity index (χ3n) is 4.35. The van der Waals surface area contributed by atoms with Crippen LogP contribution >= 0.6 is 0 Å². The molecule has 0 spiro atoms. The number of nitrogens with one attached hydrogen (secondary N) is 1. The zero-order valence-corrected chi connectivity index (χ0v) is 19.8. The van der Waals surface area contributed by atoms with Crippen LogP contribution < -0.4 is 5.43 Å². The lowest BCUT2D eigenvalue weighted by atomic mass is 9.95. The highest BCUT2D eigenvalue weighted by molar-refractivity contribution is 6.40. The molecule has 0 aliphatic heterocycles. The Morgan fingerprint density at radius 2 is 1.78 bits per heavy atom. The van der Waals surface area contributed by atoms with E-state index in [2.05, 4.69) is 19.9 Å². The number of carbonyl (C=O) groups is 6. The molecule has 0 radical (unpaired) electrons. The number of carboxylic acids is 2. The smallest absolute Gasteiger partial charge is 0.481 e. The lowest BCUT2D eigenvalue weighted by molar-refractivity contribution is -0.170. The predicted molar refractivity (Wildman–Crippen MR) is 114 cm³/mol. The standard InChI is InChI=1S/C19H26BN3O13/c1-9(2)5-13(23(21-11(4)24)16(28)12-6-10(3)36-22-12)17(29)35-20(33)34-15(27)8-19(32,18(30)31)7-14(25)26/h6,9,13,32-33H,5,7-8H2,1-4H3,(H,21,24)(H,25,26)(H,30,31)/t13-,19?/m1/s1. The van der Waals surface area contributed by atoms with Crippen LogP contribution in [0.15, 0.2) is 10.6 Å². The molecule has 0 aliphatic carbocycles. The highest BCUT2D eigenvalue weighted by Crippen LogP contribution is 2.19. The van der Waals surface area contributed by atoms with Crippen molar-refractivity contribution in [2.75, 3.05) is 0 Å². The Bertz CT molecular complexity index is 1010. The summed E-state index contributed by atoms with van der Waals surface area (Å²) in [6.45, 7) is 5.90. The van der Waals surface area contributed by atoms with E-state index in [1.165, 1.54) is 13.0 Å². The van der Waals surface area contributed by atoms with Gasteiger partial charge in [0.25, 0.3) is 11.9 Å². The number of nitrogens with zero attached hydrogens (tertiary/aromatic N) is 2. The fourth-order valence-electron chi connectivity index (χ4n) is 2.84. The van der Waals surface area contributed by atoms with Gasteiger partial charge in [0.05, 0.1) is 12.8 Å². The topological polar surface area (TPSA) is 243 Å². The number of carboxylic acid groups (broad SMARTS) is 2. The second kappa shape index (κ2) is 12.6. The van der Waals surface area contributed by atoms with E-state index in [0.717, 1.165) is 6.92 Å². The number of aromatic nitrogens is 1. The molecule has 5 N–H and O–H groups in total. The molecule has 1 unspecified atom stereocenters. The summed E-state index contributed by atoms with van der Waals surface area (Å²) in [5.41, 5.74) is -1.15. The van der Waals surface area contributed by atoms with E-state index < -0.39 is 67.5 Å². The van der Waals surface area contributed by atoms with Gasteiger partial charge in [-0.15, -0.1) is 0 Å². The van der Waals surface area contributed by atoms with Gasteiger partial charge in [-0.2, -0.15) is 0 Å². The minimum atomic E-state index is -3.06. The largest absolute Gasteiger partial charge is 0.789 e. The minimum Gasteiger partial charge on any atom is -0.481 e. The SMILES string of the molecule is CC(=O)NN(C(=O)c1cc(C)on1)[C@H](CC(C)C)C(=O)OB(O)OC(=O)CC(O)(CC(=O)O)C(=O)O. The molecule has 0 fully saturated rings. The minimum absolute atomic E-state index is 0.111. The van der Waals surface area contributed by atoms with Crippen LogP contribution in [0.2, 0.25) is 0 Å². The molecule has 1 heterocycles. The Labute approximate surface area is 204 Å². The van der Waals surface area contributed by atoms with Crippen LogP contribution in [0.5, 0.6) is 0 Å². The van der Waals surface area contributed by atoms with Crippen molar-refractivity contribution in [1.29, 1.82) is 0 Å². The summed E-state index contributed by atoms with van der Waals surface area (Å²) in [5.74, 6) is -8.46. The third kappa shape index (κ3) is 8.99. The van der Waals surface area contributed by atoms with Gasteiger partial charge in [-0.1, -0.05) is 19.0 Å². The van der Waals surface area contributed by atoms with Crippen molar-refractivity contribution < 1.29 is 62.9 Å². The van der Waals surface area contributed by atoms with Crippen LogP contribution in [0.1, 0.15) is 56.3 Å². The Hall–Kier alpha value is -3.99. The maximum absolute atomic E-state index is 12.9. The van der Waals surface area contributed by atoms with Gasteiger partial charge in [0.15, 0.2) is 11.3 Å². The van der Waals surface area contributed by atoms with Crippen LogP contribution in [0.3, 0.4) is 0 Å². The third-order valence-corrected chi connectivity index (χ3v) is 4.35. The number of amides is 2. The molecule has 16 nitrogen and oxygen atoms in total. The van der Waals surface area contributed by atoms with Gasteiger partial charge in [0, 0.05) is 13.0 Å². The van der Waals surface area contributed by atoms with Crippen molar-refractivity contribution in [3.05, 3.63) is 17.5 Å². The van der Waals surface area contributed by atoms with E-state index >= 15 is 0 Å². The number of hydrogen-bond donors (Lipinski definition) is 5. The number of aliphatic carboxylic acids is 2. The number of rotatable bonds is 12. The van der Waals surface area contributed by atoms with E-state index in [1.54, 1.807) is 13.8 Å². The molecule has 2 amide bonds. The fraction of sp³-hybridized carbons (Fsp3) is 0.526. The summed E-state index contributed by atoms with van der Waals surface area (Å²) in [5, 5.41) is 41.6. The van der Waals surface area contributed by atoms with E-state index in [-0.39, 0.29) is 23.8 Å². The monoisotopic (exact) mass is 515 g/mol. The first-order valence-electron chi connectivity index (χ1n) is 10.4. The molecule has 2 atom stereocenters. The van der Waals surface area contributed by atoms with E-state index in [9.17, 15) is 38.9 Å². The highest BCUT2D eigenvalue weighted by atomic mass is 16.7. The normalized spacial score (nSPS) is 13.2. The summed E-state index contributed by atoms with van der Waals surface area (Å²) in [6, 6.07) is -0.318. The highest BCUT2D eigenvalue weighted by Gasteiger charge is 2.43. The van der Waals surface area contributed by atoms with Crippen molar-refractivity contribution >= 4 is 43.0 Å². The molecule has 36 heavy (non-hydrogen) atoms. The van der Waals surface area contributed by atoms with Crippen LogP contribution in [-0.2, 0) is 33.3 Å². The first-order chi connectivity index (χ1) is 16.6. The molecular weight excluding hydrogens is 489 g/mol. The maximum atomic E-state index is 12.9. The maximum Gasteiger partial charge on any atom is 0.789 e. The number of aryl methyl sites for hydroxylation is 1. The molecule has 0 bridgehead atoms. The summed E-state index contributed by atoms with van der Waals surface area (Å²) in [6.07, 6.45) is -2.88. The quantitative estimate of drug-likeness (QED) is 0.159. The van der Waals surface area contributed by atoms with E-state index in [4.69, 9.17) is 14.7 Å². The van der Waals surface area contributed by atoms with Gasteiger partial charge < -0.3 is 34.2 Å². The van der Waals surface area contributed by atoms with Crippen molar-refractivity contribution in [3.63, 3.8) is 0 Å². The van der Waals surface area contributed by atoms with Gasteiger partial charge in [-0.25, -0.2) is 9.80 Å². The molecule has 1 aromatic rings. The van der Waals surface area contributed by atoms with Crippen LogP contribution in [0, 0.1) is 12.8 Å². The van der Waals surface area contributed by atoms with E-state index in [0.29, 0.717) is 5.01 Å². The predicted octanol–water partition coefficient (Wildman–Crippen LogP) is -1.36. The Kier molecular flexibility index (Phi) is 10.6. The van der Waals surface area contributed by atoms with Gasteiger partial charge in [-0.3, -0.25) is 29.4 Å². The summed E-state index contributed by atoms with van der Waals surface area (Å²) in [7, 11) is -2.63. The number of aliphatic hydroxyl groups is 1. The molecule has 1 aromatic heterocycles. The van der Waals surface area contributed by atoms with E-state index in [1.807, 2.05) is 0 Å². The van der Waals surface area contributed by atoms with Gasteiger partial charge in [-0.05, 0) is 19.3 Å². The van der Waals surface area contributed by atoms with Crippen molar-refractivity contribution in [2.45, 2.75) is 58.6 Å². The zero-order chi connectivity index (χ0) is 27.8. The molecule has 0 saturated heterocycles. The van der Waals surface area contributed by atoms with Crippen molar-refractivity contribution in [1.82, 2.24) is 15.6 Å². The van der Waals surface area contributed by atoms with Crippen molar-refractivity contribution in [2.24, 2.45) is 5.92 Å². The zero-order valence-electron chi connectivity index (χ0n) is 19.8. The Morgan fingerprint density at radius 1 is 1.17 bits per heavy atom. The van der Waals surface area contributed by atoms with Crippen molar-refractivity contribution in [3.8, 4) is 0 Å². The molecule has 198 valence electrons. The first kappa shape index (κ1) is 30.0. The summed E-state index contributed by atoms with van der Waals surface area (Å²) >= 11 is 0. The summed E-state index contributed by atoms with van der Waals surface area (Å²) < 4.78 is 13.8. The van der Waals surface area contributed by atoms with Gasteiger partial charge in [0.2, 0.25) is 5.91 Å². The molecule has 1 rings (SSSR count). The van der Waals surface area contributed by atoms with Crippen LogP contribution in [-0.4, -0.2) is 85.2 Å². The first-order valence-corrected chi connectivity index (χ1v) is 10.4. The number of hydrazine groups is 1. The van der Waals surface area contributed by atoms with Crippen LogP contribution in [0.25, 0.3) is 0 Å². The van der Waals surface area contributed by atoms with Gasteiger partial charge in [0.1, 0.15) is 11.8 Å². The Morgan fingerprint density at radius 3 is 2.22 bits per heavy atom. The number of hydrogen-bond acceptors (Lipinski definition) is 12. The molecular formula is C19H26BN3O13. The van der Waals surface area contributed by atoms with Crippen LogP contribution in [0.4, 0.5) is 0 Å². The average Bonchev–Trinajstić information content (AvgIpc) is 3.14. The molecule has 0 saturated carbocycles. The molecule has 0 aromatic carbocycles. The van der Waals surface area contributed by atoms with Gasteiger partial charge >= 0.3 is 25.2 Å². The molecule has 17 heteroatoms. The Balaban J connectivity index is 3.05. The number of carbonyl (C=O) groups excluding carboxylic acids is 4. The fourth-order valence-corrected chi connectivity index (χ4v) is 2.84. The lowest BCUT2D eigenvalue weighted by Crippen LogP contribution is -2.56. The second-order valence-corrected chi connectivity index (χ2v) is 8.13. The average molecular weight is 515 g/mol.